The molecule has 0 unspecified atom stereocenters. The smallest absolute Gasteiger partial charge is 0.316 e. The number of carbonyl (C=O) groups is 1. The fourth-order valence-corrected chi connectivity index (χ4v) is 2.62. The Balaban J connectivity index is 2.47. The molecule has 0 spiro atoms. The fraction of sp³-hybridized carbons (Fsp3) is 0.588. The predicted molar refractivity (Wildman–Crippen MR) is 83.7 cm³/mol. The van der Waals surface area contributed by atoms with Gasteiger partial charge in [0.2, 0.25) is 0 Å². The molecule has 1 aliphatic carbocycles. The summed E-state index contributed by atoms with van der Waals surface area (Å²) in [4.78, 5) is 12.5. The number of carbonyl (C=O) groups excluding carboxylic acids is 1. The van der Waals surface area contributed by atoms with E-state index in [1.807, 2.05) is 19.1 Å². The second kappa shape index (κ2) is 7.66. The number of hydrogen-bond acceptors (Lipinski definition) is 6. The van der Waals surface area contributed by atoms with E-state index in [4.69, 9.17) is 23.7 Å². The van der Waals surface area contributed by atoms with Crippen molar-refractivity contribution in [2.45, 2.75) is 32.1 Å². The molecule has 6 nitrogen and oxygen atoms in total. The minimum atomic E-state index is -0.700. The van der Waals surface area contributed by atoms with Crippen LogP contribution >= 0.6 is 0 Å². The monoisotopic (exact) mass is 324 g/mol. The Morgan fingerprint density at radius 2 is 1.78 bits per heavy atom. The van der Waals surface area contributed by atoms with Gasteiger partial charge in [-0.3, -0.25) is 4.79 Å². The van der Waals surface area contributed by atoms with Crippen molar-refractivity contribution in [3.05, 3.63) is 23.3 Å². The van der Waals surface area contributed by atoms with E-state index in [0.717, 1.165) is 11.1 Å². The molecule has 2 rings (SSSR count). The molecule has 0 aliphatic heterocycles. The largest absolute Gasteiger partial charge is 0.467 e. The molecule has 23 heavy (non-hydrogen) atoms. The van der Waals surface area contributed by atoms with Crippen LogP contribution in [0.2, 0.25) is 0 Å². The van der Waals surface area contributed by atoms with Gasteiger partial charge in [0.25, 0.3) is 0 Å². The number of esters is 1. The standard InChI is InChI=1S/C17H24O6/c1-5-21-16(18)17(8-9-17)14-13(22-10-19-3)7-6-12(2)15(14)23-11-20-4/h6-7H,5,8-11H2,1-4H3. The van der Waals surface area contributed by atoms with Gasteiger partial charge >= 0.3 is 5.97 Å². The lowest BCUT2D eigenvalue weighted by Crippen LogP contribution is -2.25. The summed E-state index contributed by atoms with van der Waals surface area (Å²) in [6, 6.07) is 3.73. The Hall–Kier alpha value is -1.79. The molecule has 0 aromatic heterocycles. The van der Waals surface area contributed by atoms with E-state index in [0.29, 0.717) is 30.9 Å². The Morgan fingerprint density at radius 1 is 1.13 bits per heavy atom. The molecule has 0 saturated heterocycles. The molecule has 0 bridgehead atoms. The molecule has 0 atom stereocenters. The fourth-order valence-electron chi connectivity index (χ4n) is 2.62. The van der Waals surface area contributed by atoms with Crippen molar-refractivity contribution in [1.29, 1.82) is 0 Å². The average Bonchev–Trinajstić information content (AvgIpc) is 3.34. The Bertz CT molecular complexity index is 550. The molecule has 1 aliphatic rings. The van der Waals surface area contributed by atoms with E-state index in [-0.39, 0.29) is 19.6 Å². The third kappa shape index (κ3) is 3.59. The van der Waals surface area contributed by atoms with Gasteiger partial charge in [0.15, 0.2) is 13.6 Å². The second-order valence-corrected chi connectivity index (χ2v) is 5.49. The zero-order chi connectivity index (χ0) is 16.9. The third-order valence-electron chi connectivity index (χ3n) is 3.86. The number of benzene rings is 1. The Kier molecular flexibility index (Phi) is 5.85. The maximum atomic E-state index is 12.5. The first-order valence-corrected chi connectivity index (χ1v) is 7.65. The summed E-state index contributed by atoms with van der Waals surface area (Å²) in [5, 5.41) is 0. The second-order valence-electron chi connectivity index (χ2n) is 5.49. The van der Waals surface area contributed by atoms with E-state index in [1.54, 1.807) is 21.1 Å². The van der Waals surface area contributed by atoms with Gasteiger partial charge in [0.05, 0.1) is 12.2 Å². The molecule has 0 N–H and O–H groups in total. The number of hydrogen-bond donors (Lipinski definition) is 0. The molecule has 0 amide bonds. The highest BCUT2D eigenvalue weighted by molar-refractivity contribution is 5.89. The zero-order valence-electron chi connectivity index (χ0n) is 14.1. The molecule has 1 fully saturated rings. The van der Waals surface area contributed by atoms with Gasteiger partial charge in [-0.25, -0.2) is 0 Å². The van der Waals surface area contributed by atoms with Crippen LogP contribution in [-0.2, 0) is 24.4 Å². The number of aryl methyl sites for hydroxylation is 1. The molecular weight excluding hydrogens is 300 g/mol. The predicted octanol–water partition coefficient (Wildman–Crippen LogP) is 2.56. The van der Waals surface area contributed by atoms with Crippen LogP contribution in [0.15, 0.2) is 12.1 Å². The van der Waals surface area contributed by atoms with Gasteiger partial charge in [-0.1, -0.05) is 6.07 Å². The van der Waals surface area contributed by atoms with Gasteiger partial charge < -0.3 is 23.7 Å². The molecule has 1 aromatic rings. The van der Waals surface area contributed by atoms with Crippen LogP contribution in [0.25, 0.3) is 0 Å². The first-order chi connectivity index (χ1) is 11.1. The minimum absolute atomic E-state index is 0.0959. The van der Waals surface area contributed by atoms with Crippen LogP contribution in [0.1, 0.15) is 30.9 Å². The quantitative estimate of drug-likeness (QED) is 0.514. The van der Waals surface area contributed by atoms with Crippen LogP contribution in [0.4, 0.5) is 0 Å². The van der Waals surface area contributed by atoms with Crippen molar-refractivity contribution in [3.63, 3.8) is 0 Å². The molecule has 1 saturated carbocycles. The highest BCUT2D eigenvalue weighted by Crippen LogP contribution is 2.56. The Morgan fingerprint density at radius 3 is 2.35 bits per heavy atom. The highest BCUT2D eigenvalue weighted by atomic mass is 16.7. The van der Waals surface area contributed by atoms with E-state index in [1.165, 1.54) is 0 Å². The summed E-state index contributed by atoms with van der Waals surface area (Å²) in [7, 11) is 3.10. The van der Waals surface area contributed by atoms with Crippen molar-refractivity contribution in [2.24, 2.45) is 0 Å². The average molecular weight is 324 g/mol. The molecule has 0 heterocycles. The SMILES string of the molecule is CCOC(=O)C1(c2c(OCOC)ccc(C)c2OCOC)CC1. The molecule has 6 heteroatoms. The maximum absolute atomic E-state index is 12.5. The molecular formula is C17H24O6. The van der Waals surface area contributed by atoms with Gasteiger partial charge in [-0.2, -0.15) is 0 Å². The third-order valence-corrected chi connectivity index (χ3v) is 3.86. The van der Waals surface area contributed by atoms with Gasteiger partial charge in [-0.05, 0) is 38.3 Å². The summed E-state index contributed by atoms with van der Waals surface area (Å²) in [5.74, 6) is 0.954. The summed E-state index contributed by atoms with van der Waals surface area (Å²) in [6.45, 7) is 4.26. The van der Waals surface area contributed by atoms with Crippen molar-refractivity contribution >= 4 is 5.97 Å². The van der Waals surface area contributed by atoms with E-state index < -0.39 is 5.41 Å². The zero-order valence-corrected chi connectivity index (χ0v) is 14.1. The van der Waals surface area contributed by atoms with Crippen LogP contribution in [0.3, 0.4) is 0 Å². The lowest BCUT2D eigenvalue weighted by Gasteiger charge is -2.23. The van der Waals surface area contributed by atoms with Crippen LogP contribution in [-0.4, -0.2) is 40.4 Å². The highest BCUT2D eigenvalue weighted by Gasteiger charge is 2.56. The van der Waals surface area contributed by atoms with Crippen molar-refractivity contribution < 1.29 is 28.5 Å². The normalized spacial score (nSPS) is 15.1. The van der Waals surface area contributed by atoms with E-state index in [2.05, 4.69) is 0 Å². The lowest BCUT2D eigenvalue weighted by atomic mass is 9.92. The van der Waals surface area contributed by atoms with Gasteiger partial charge in [0.1, 0.15) is 16.9 Å². The first-order valence-electron chi connectivity index (χ1n) is 7.65. The van der Waals surface area contributed by atoms with Crippen molar-refractivity contribution in [1.82, 2.24) is 0 Å². The molecule has 1 aromatic carbocycles. The van der Waals surface area contributed by atoms with Crippen molar-refractivity contribution in [3.8, 4) is 11.5 Å². The minimum Gasteiger partial charge on any atom is -0.467 e. The van der Waals surface area contributed by atoms with E-state index in [9.17, 15) is 4.79 Å². The van der Waals surface area contributed by atoms with Gasteiger partial charge in [-0.15, -0.1) is 0 Å². The maximum Gasteiger partial charge on any atom is 0.316 e. The van der Waals surface area contributed by atoms with Crippen LogP contribution in [0, 0.1) is 6.92 Å². The summed E-state index contributed by atoms with van der Waals surface area (Å²) in [5.41, 5.74) is 0.941. The lowest BCUT2D eigenvalue weighted by molar-refractivity contribution is -0.146. The topological polar surface area (TPSA) is 63.2 Å². The van der Waals surface area contributed by atoms with Crippen LogP contribution < -0.4 is 9.47 Å². The van der Waals surface area contributed by atoms with E-state index >= 15 is 0 Å². The number of methoxy groups -OCH3 is 2. The van der Waals surface area contributed by atoms with Gasteiger partial charge in [0, 0.05) is 14.2 Å². The Labute approximate surface area is 136 Å². The first kappa shape index (κ1) is 17.6. The summed E-state index contributed by atoms with van der Waals surface area (Å²) in [6.07, 6.45) is 1.42. The van der Waals surface area contributed by atoms with Crippen LogP contribution in [0.5, 0.6) is 11.5 Å². The van der Waals surface area contributed by atoms with Crippen molar-refractivity contribution in [2.75, 3.05) is 34.4 Å². The summed E-state index contributed by atoms with van der Waals surface area (Å²) < 4.78 is 26.7. The molecule has 128 valence electrons. The molecule has 0 radical (unpaired) electrons. The number of ether oxygens (including phenoxy) is 5. The summed E-state index contributed by atoms with van der Waals surface area (Å²) >= 11 is 0. The number of rotatable bonds is 9.